The van der Waals surface area contributed by atoms with E-state index in [2.05, 4.69) is 15.1 Å². The molecule has 0 radical (unpaired) electrons. The minimum Gasteiger partial charge on any atom is -0.326 e. The fourth-order valence-electron chi connectivity index (χ4n) is 2.94. The highest BCUT2D eigenvalue weighted by Gasteiger charge is 2.12. The average Bonchev–Trinajstić information content (AvgIpc) is 2.69. The largest absolute Gasteiger partial charge is 0.326 e. The van der Waals surface area contributed by atoms with E-state index < -0.39 is 10.0 Å². The third-order valence-corrected chi connectivity index (χ3v) is 5.66. The highest BCUT2D eigenvalue weighted by Crippen LogP contribution is 2.25. The molecule has 2 N–H and O–H groups in total. The predicted octanol–water partition coefficient (Wildman–Crippen LogP) is 2.93. The molecule has 9 heteroatoms. The van der Waals surface area contributed by atoms with Gasteiger partial charge in [-0.15, -0.1) is 0 Å². The molecule has 3 rings (SSSR count). The van der Waals surface area contributed by atoms with E-state index in [4.69, 9.17) is 0 Å². The Morgan fingerprint density at radius 1 is 1.07 bits per heavy atom. The number of nitrogens with one attached hydrogen (secondary N) is 2. The van der Waals surface area contributed by atoms with E-state index in [1.54, 1.807) is 62.4 Å². The number of hydrogen-bond donors (Lipinski definition) is 2. The topological polar surface area (TPSA) is 110 Å². The van der Waals surface area contributed by atoms with Crippen molar-refractivity contribution in [1.82, 2.24) is 9.78 Å². The first-order valence-electron chi connectivity index (χ1n) is 9.28. The van der Waals surface area contributed by atoms with Crippen LogP contribution in [0.1, 0.15) is 19.5 Å². The molecular weight excluding hydrogens is 404 g/mol. The van der Waals surface area contributed by atoms with Gasteiger partial charge >= 0.3 is 0 Å². The minimum absolute atomic E-state index is 0.0363. The van der Waals surface area contributed by atoms with Gasteiger partial charge < -0.3 is 5.32 Å². The van der Waals surface area contributed by atoms with Crippen molar-refractivity contribution < 1.29 is 13.2 Å². The molecule has 0 fully saturated rings. The van der Waals surface area contributed by atoms with Crippen LogP contribution in [0.4, 0.5) is 11.4 Å². The summed E-state index contributed by atoms with van der Waals surface area (Å²) in [5.74, 6) is -0.247. The number of aryl methyl sites for hydroxylation is 1. The van der Waals surface area contributed by atoms with E-state index in [1.807, 2.05) is 0 Å². The normalized spacial score (nSPS) is 11.2. The second kappa shape index (κ2) is 8.50. The Labute approximate surface area is 174 Å². The van der Waals surface area contributed by atoms with E-state index in [-0.39, 0.29) is 17.2 Å². The van der Waals surface area contributed by atoms with Crippen molar-refractivity contribution >= 4 is 27.3 Å². The van der Waals surface area contributed by atoms with Gasteiger partial charge in [-0.2, -0.15) is 9.78 Å². The number of benzene rings is 2. The fraction of sp³-hybridized carbons (Fsp3) is 0.190. The minimum atomic E-state index is -3.41. The fourth-order valence-corrected chi connectivity index (χ4v) is 3.57. The van der Waals surface area contributed by atoms with Crippen LogP contribution in [0, 0.1) is 6.92 Å². The number of carbonyl (C=O) groups excluding carboxylic acids is 1. The molecule has 3 aromatic rings. The van der Waals surface area contributed by atoms with Gasteiger partial charge in [-0.1, -0.05) is 18.2 Å². The van der Waals surface area contributed by atoms with E-state index in [1.165, 1.54) is 17.7 Å². The van der Waals surface area contributed by atoms with Crippen molar-refractivity contribution in [3.63, 3.8) is 0 Å². The van der Waals surface area contributed by atoms with Gasteiger partial charge in [0.15, 0.2) is 0 Å². The van der Waals surface area contributed by atoms with Gasteiger partial charge in [0.25, 0.3) is 5.56 Å². The second-order valence-electron chi connectivity index (χ2n) is 6.71. The monoisotopic (exact) mass is 426 g/mol. The second-order valence-corrected chi connectivity index (χ2v) is 8.72. The number of nitrogens with zero attached hydrogens (tertiary/aromatic N) is 2. The number of amides is 1. The number of sulfonamides is 1. The van der Waals surface area contributed by atoms with E-state index >= 15 is 0 Å². The highest BCUT2D eigenvalue weighted by atomic mass is 32.2. The maximum absolute atomic E-state index is 12.8. The van der Waals surface area contributed by atoms with Crippen LogP contribution in [0.3, 0.4) is 0 Å². The summed E-state index contributed by atoms with van der Waals surface area (Å²) in [6.07, 6.45) is 0. The van der Waals surface area contributed by atoms with Crippen LogP contribution < -0.4 is 15.6 Å². The Bertz CT molecular complexity index is 1270. The van der Waals surface area contributed by atoms with Crippen LogP contribution in [0.25, 0.3) is 16.8 Å². The van der Waals surface area contributed by atoms with E-state index in [9.17, 15) is 18.0 Å². The molecule has 0 saturated heterocycles. The number of rotatable bonds is 6. The predicted molar refractivity (Wildman–Crippen MR) is 117 cm³/mol. The first-order valence-corrected chi connectivity index (χ1v) is 10.9. The summed E-state index contributed by atoms with van der Waals surface area (Å²) in [5, 5.41) is 7.09. The number of hydrogen-bond acceptors (Lipinski definition) is 5. The summed E-state index contributed by atoms with van der Waals surface area (Å²) in [4.78, 5) is 24.0. The summed E-state index contributed by atoms with van der Waals surface area (Å²) in [5.41, 5.74) is 3.02. The first kappa shape index (κ1) is 21.3. The molecule has 30 heavy (non-hydrogen) atoms. The van der Waals surface area contributed by atoms with Crippen LogP contribution in [0.15, 0.2) is 59.4 Å². The highest BCUT2D eigenvalue weighted by molar-refractivity contribution is 7.92. The molecule has 0 aliphatic carbocycles. The Morgan fingerprint density at radius 3 is 2.47 bits per heavy atom. The molecular formula is C21H22N4O4S. The maximum atomic E-state index is 12.8. The molecule has 0 saturated carbocycles. The summed E-state index contributed by atoms with van der Waals surface area (Å²) in [6.45, 7) is 4.73. The lowest BCUT2D eigenvalue weighted by molar-refractivity contribution is -0.114. The summed E-state index contributed by atoms with van der Waals surface area (Å²) >= 11 is 0. The van der Waals surface area contributed by atoms with E-state index in [0.29, 0.717) is 33.9 Å². The summed E-state index contributed by atoms with van der Waals surface area (Å²) < 4.78 is 27.4. The van der Waals surface area contributed by atoms with Crippen LogP contribution in [-0.4, -0.2) is 29.9 Å². The number of aromatic nitrogens is 2. The van der Waals surface area contributed by atoms with E-state index in [0.717, 1.165) is 0 Å². The lowest BCUT2D eigenvalue weighted by Crippen LogP contribution is -2.22. The van der Waals surface area contributed by atoms with Crippen LogP contribution in [0.2, 0.25) is 0 Å². The van der Waals surface area contributed by atoms with Crippen molar-refractivity contribution in [2.45, 2.75) is 20.8 Å². The molecule has 0 unspecified atom stereocenters. The van der Waals surface area contributed by atoms with Crippen molar-refractivity contribution in [2.75, 3.05) is 15.8 Å². The lowest BCUT2D eigenvalue weighted by atomic mass is 10.0. The van der Waals surface area contributed by atoms with Gasteiger partial charge in [0, 0.05) is 29.9 Å². The quantitative estimate of drug-likeness (QED) is 0.630. The van der Waals surface area contributed by atoms with Crippen molar-refractivity contribution in [2.24, 2.45) is 0 Å². The molecule has 0 aliphatic rings. The average molecular weight is 426 g/mol. The zero-order valence-electron chi connectivity index (χ0n) is 16.8. The molecule has 8 nitrogen and oxygen atoms in total. The molecule has 156 valence electrons. The Balaban J connectivity index is 2.00. The van der Waals surface area contributed by atoms with Crippen LogP contribution in [0.5, 0.6) is 0 Å². The van der Waals surface area contributed by atoms with Crippen LogP contribution in [-0.2, 0) is 14.8 Å². The summed E-state index contributed by atoms with van der Waals surface area (Å²) in [6, 6.07) is 15.1. The molecule has 1 heterocycles. The summed E-state index contributed by atoms with van der Waals surface area (Å²) in [7, 11) is -3.41. The molecule has 1 amide bonds. The van der Waals surface area contributed by atoms with Gasteiger partial charge in [-0.25, -0.2) is 8.42 Å². The molecule has 2 aromatic carbocycles. The van der Waals surface area contributed by atoms with Gasteiger partial charge in [0.2, 0.25) is 15.9 Å². The SMILES string of the molecule is CCS(=O)(=O)Nc1cccc(-c2cc(=O)n(-c3cccc(NC(C)=O)c3)nc2C)c1. The zero-order chi connectivity index (χ0) is 21.9. The van der Waals surface area contributed by atoms with Gasteiger partial charge in [-0.05, 0) is 49.7 Å². The lowest BCUT2D eigenvalue weighted by Gasteiger charge is -2.12. The standard InChI is InChI=1S/C21H22N4O4S/c1-4-30(28,29)24-18-9-5-7-16(11-18)20-13-21(27)25(23-14(20)2)19-10-6-8-17(12-19)22-15(3)26/h5-13,24H,4H2,1-3H3,(H,22,26). The van der Waals surface area contributed by atoms with Gasteiger partial charge in [0.05, 0.1) is 17.1 Å². The molecule has 0 spiro atoms. The van der Waals surface area contributed by atoms with Crippen molar-refractivity contribution in [3.05, 3.63) is 70.6 Å². The third-order valence-electron chi connectivity index (χ3n) is 4.35. The Morgan fingerprint density at radius 2 is 1.77 bits per heavy atom. The Kier molecular flexibility index (Phi) is 6.02. The zero-order valence-corrected chi connectivity index (χ0v) is 17.7. The molecule has 0 aliphatic heterocycles. The maximum Gasteiger partial charge on any atom is 0.272 e. The van der Waals surface area contributed by atoms with Gasteiger partial charge in [0.1, 0.15) is 0 Å². The van der Waals surface area contributed by atoms with Crippen molar-refractivity contribution in [3.8, 4) is 16.8 Å². The third kappa shape index (κ3) is 4.93. The Hall–Kier alpha value is -3.46. The molecule has 0 atom stereocenters. The van der Waals surface area contributed by atoms with Crippen molar-refractivity contribution in [1.29, 1.82) is 0 Å². The molecule has 0 bridgehead atoms. The van der Waals surface area contributed by atoms with Crippen LogP contribution >= 0.6 is 0 Å². The number of carbonyl (C=O) groups is 1. The van der Waals surface area contributed by atoms with Gasteiger partial charge in [-0.3, -0.25) is 14.3 Å². The number of anilines is 2. The smallest absolute Gasteiger partial charge is 0.272 e. The first-order chi connectivity index (χ1) is 14.2. The molecule has 1 aromatic heterocycles.